The van der Waals surface area contributed by atoms with Gasteiger partial charge in [0.1, 0.15) is 5.82 Å². The van der Waals surface area contributed by atoms with Crippen LogP contribution in [0.3, 0.4) is 0 Å². The Morgan fingerprint density at radius 2 is 2.08 bits per heavy atom. The van der Waals surface area contributed by atoms with E-state index in [9.17, 15) is 0 Å². The molecule has 26 heavy (non-hydrogen) atoms. The molecule has 0 spiro atoms. The molecule has 0 bridgehead atoms. The van der Waals surface area contributed by atoms with E-state index in [1.54, 1.807) is 11.3 Å². The monoisotopic (exact) mass is 364 g/mol. The number of nitrogens with zero attached hydrogens (tertiary/aromatic N) is 4. The molecular weight excluding hydrogens is 340 g/mol. The van der Waals surface area contributed by atoms with Gasteiger partial charge in [0, 0.05) is 66.1 Å². The number of hydrogen-bond acceptors (Lipinski definition) is 5. The highest BCUT2D eigenvalue weighted by Gasteiger charge is 2.23. The van der Waals surface area contributed by atoms with Crippen molar-refractivity contribution in [1.29, 1.82) is 0 Å². The molecule has 1 aliphatic rings. The van der Waals surface area contributed by atoms with E-state index in [0.717, 1.165) is 37.6 Å². The smallest absolute Gasteiger partial charge is 0.133 e. The second-order valence-corrected chi connectivity index (χ2v) is 8.68. The van der Waals surface area contributed by atoms with Gasteiger partial charge in [-0.05, 0) is 23.1 Å². The van der Waals surface area contributed by atoms with E-state index in [1.807, 2.05) is 18.5 Å². The molecular formula is C21H24N4S. The van der Waals surface area contributed by atoms with Gasteiger partial charge < -0.3 is 0 Å². The first-order chi connectivity index (χ1) is 12.5. The summed E-state index contributed by atoms with van der Waals surface area (Å²) in [7, 11) is 0. The van der Waals surface area contributed by atoms with Gasteiger partial charge >= 0.3 is 0 Å². The second kappa shape index (κ2) is 6.89. The highest BCUT2D eigenvalue weighted by atomic mass is 32.1. The minimum Gasteiger partial charge on any atom is -0.294 e. The van der Waals surface area contributed by atoms with Crippen molar-refractivity contribution in [3.8, 4) is 11.3 Å². The zero-order chi connectivity index (χ0) is 18.1. The molecule has 134 valence electrons. The van der Waals surface area contributed by atoms with Gasteiger partial charge in [-0.25, -0.2) is 9.97 Å². The first-order valence-corrected chi connectivity index (χ1v) is 9.99. The summed E-state index contributed by atoms with van der Waals surface area (Å²) in [6.45, 7) is 9.32. The number of aromatic nitrogens is 3. The van der Waals surface area contributed by atoms with E-state index in [0.29, 0.717) is 0 Å². The Kier molecular flexibility index (Phi) is 4.59. The standard InChI is InChI=1S/C21H24N4S/c1-21(2,3)20-23-11-17-13-25(9-6-18(17)24-20)12-15-5-4-8-22-19(15)16-7-10-26-14-16/h4-5,7-8,10-11,14H,6,9,12-13H2,1-3H3. The maximum Gasteiger partial charge on any atom is 0.133 e. The molecule has 4 rings (SSSR count). The lowest BCUT2D eigenvalue weighted by Crippen LogP contribution is -2.32. The minimum atomic E-state index is -0.00267. The normalized spacial score (nSPS) is 15.0. The van der Waals surface area contributed by atoms with Crippen molar-refractivity contribution in [2.75, 3.05) is 6.54 Å². The van der Waals surface area contributed by atoms with Crippen LogP contribution in [0.2, 0.25) is 0 Å². The Labute approximate surface area is 159 Å². The van der Waals surface area contributed by atoms with Crippen LogP contribution in [0.15, 0.2) is 41.4 Å². The molecule has 0 aliphatic carbocycles. The van der Waals surface area contributed by atoms with Crippen LogP contribution in [0, 0.1) is 0 Å². The third-order valence-electron chi connectivity index (χ3n) is 4.76. The Morgan fingerprint density at radius 3 is 2.85 bits per heavy atom. The van der Waals surface area contributed by atoms with E-state index < -0.39 is 0 Å². The van der Waals surface area contributed by atoms with Crippen LogP contribution in [0.25, 0.3) is 11.3 Å². The van der Waals surface area contributed by atoms with Crippen molar-refractivity contribution in [2.45, 2.75) is 45.7 Å². The lowest BCUT2D eigenvalue weighted by atomic mass is 9.95. The maximum absolute atomic E-state index is 4.84. The van der Waals surface area contributed by atoms with Crippen molar-refractivity contribution in [3.63, 3.8) is 0 Å². The van der Waals surface area contributed by atoms with Gasteiger partial charge in [-0.1, -0.05) is 26.8 Å². The van der Waals surface area contributed by atoms with Gasteiger partial charge in [0.25, 0.3) is 0 Å². The molecule has 0 radical (unpaired) electrons. The van der Waals surface area contributed by atoms with E-state index in [4.69, 9.17) is 4.98 Å². The summed E-state index contributed by atoms with van der Waals surface area (Å²) in [6.07, 6.45) is 4.89. The molecule has 1 aliphatic heterocycles. The first kappa shape index (κ1) is 17.3. The van der Waals surface area contributed by atoms with Crippen molar-refractivity contribution >= 4 is 11.3 Å². The SMILES string of the molecule is CC(C)(C)c1ncc2c(n1)CCN(Cc1cccnc1-c1ccsc1)C2. The number of rotatable bonds is 3. The fourth-order valence-electron chi connectivity index (χ4n) is 3.34. The Balaban J connectivity index is 1.54. The topological polar surface area (TPSA) is 41.9 Å². The maximum atomic E-state index is 4.84. The van der Waals surface area contributed by atoms with Crippen LogP contribution in [-0.2, 0) is 24.9 Å². The van der Waals surface area contributed by atoms with Crippen LogP contribution < -0.4 is 0 Å². The van der Waals surface area contributed by atoms with E-state index in [-0.39, 0.29) is 5.41 Å². The third kappa shape index (κ3) is 3.55. The summed E-state index contributed by atoms with van der Waals surface area (Å²) in [5.41, 5.74) is 6.05. The van der Waals surface area contributed by atoms with Gasteiger partial charge in [0.2, 0.25) is 0 Å². The largest absolute Gasteiger partial charge is 0.294 e. The second-order valence-electron chi connectivity index (χ2n) is 7.90. The van der Waals surface area contributed by atoms with Crippen LogP contribution in [0.5, 0.6) is 0 Å². The number of hydrogen-bond donors (Lipinski definition) is 0. The molecule has 3 aromatic rings. The molecule has 0 aromatic carbocycles. The lowest BCUT2D eigenvalue weighted by Gasteiger charge is -2.29. The lowest BCUT2D eigenvalue weighted by molar-refractivity contribution is 0.242. The van der Waals surface area contributed by atoms with Crippen molar-refractivity contribution in [3.05, 3.63) is 64.0 Å². The summed E-state index contributed by atoms with van der Waals surface area (Å²) in [6, 6.07) is 6.36. The number of fused-ring (bicyclic) bond motifs is 1. The average molecular weight is 365 g/mol. The minimum absolute atomic E-state index is 0.00267. The molecule has 4 nitrogen and oxygen atoms in total. The molecule has 0 fully saturated rings. The molecule has 4 heterocycles. The third-order valence-corrected chi connectivity index (χ3v) is 5.45. The predicted molar refractivity (Wildman–Crippen MR) is 106 cm³/mol. The summed E-state index contributed by atoms with van der Waals surface area (Å²) < 4.78 is 0. The van der Waals surface area contributed by atoms with Crippen LogP contribution >= 0.6 is 11.3 Å². The molecule has 5 heteroatoms. The van der Waals surface area contributed by atoms with Gasteiger partial charge in [-0.3, -0.25) is 9.88 Å². The molecule has 0 saturated carbocycles. The van der Waals surface area contributed by atoms with Crippen LogP contribution in [0.4, 0.5) is 0 Å². The zero-order valence-corrected chi connectivity index (χ0v) is 16.4. The summed E-state index contributed by atoms with van der Waals surface area (Å²) in [5.74, 6) is 0.941. The molecule has 0 amide bonds. The fourth-order valence-corrected chi connectivity index (χ4v) is 3.98. The Bertz CT molecular complexity index is 897. The zero-order valence-electron chi connectivity index (χ0n) is 15.6. The highest BCUT2D eigenvalue weighted by molar-refractivity contribution is 7.08. The van der Waals surface area contributed by atoms with E-state index >= 15 is 0 Å². The Hall–Kier alpha value is -2.11. The highest BCUT2D eigenvalue weighted by Crippen LogP contribution is 2.27. The molecule has 3 aromatic heterocycles. The van der Waals surface area contributed by atoms with Crippen LogP contribution in [0.1, 0.15) is 43.4 Å². The number of pyridine rings is 1. The quantitative estimate of drug-likeness (QED) is 0.688. The summed E-state index contributed by atoms with van der Waals surface area (Å²) in [4.78, 5) is 16.5. The van der Waals surface area contributed by atoms with E-state index in [2.05, 4.69) is 58.5 Å². The number of thiophene rings is 1. The van der Waals surface area contributed by atoms with Gasteiger partial charge in [-0.15, -0.1) is 0 Å². The van der Waals surface area contributed by atoms with E-state index in [1.165, 1.54) is 22.4 Å². The van der Waals surface area contributed by atoms with Gasteiger partial charge in [0.05, 0.1) is 5.69 Å². The fraction of sp³-hybridized carbons (Fsp3) is 0.381. The van der Waals surface area contributed by atoms with Gasteiger partial charge in [0.15, 0.2) is 0 Å². The summed E-state index contributed by atoms with van der Waals surface area (Å²) in [5, 5.41) is 4.27. The van der Waals surface area contributed by atoms with Crippen molar-refractivity contribution in [1.82, 2.24) is 19.9 Å². The first-order valence-electron chi connectivity index (χ1n) is 9.05. The van der Waals surface area contributed by atoms with Gasteiger partial charge in [-0.2, -0.15) is 11.3 Å². The molecule has 0 saturated heterocycles. The average Bonchev–Trinajstić information content (AvgIpc) is 3.15. The molecule has 0 atom stereocenters. The predicted octanol–water partition coefficient (Wildman–Crippen LogP) is 4.46. The molecule has 0 N–H and O–H groups in total. The van der Waals surface area contributed by atoms with Crippen LogP contribution in [-0.4, -0.2) is 26.4 Å². The van der Waals surface area contributed by atoms with Crippen molar-refractivity contribution < 1.29 is 0 Å². The Morgan fingerprint density at radius 1 is 1.19 bits per heavy atom. The molecule has 0 unspecified atom stereocenters. The van der Waals surface area contributed by atoms with Crippen molar-refractivity contribution in [2.24, 2.45) is 0 Å². The summed E-state index contributed by atoms with van der Waals surface area (Å²) >= 11 is 1.71.